The number of ether oxygens (including phenoxy) is 1. The van der Waals surface area contributed by atoms with E-state index in [0.29, 0.717) is 0 Å². The molecule has 16 heavy (non-hydrogen) atoms. The highest BCUT2D eigenvalue weighted by atomic mass is 16.5. The van der Waals surface area contributed by atoms with Gasteiger partial charge in [-0.05, 0) is 20.0 Å². The van der Waals surface area contributed by atoms with Crippen LogP contribution in [0.5, 0.6) is 0 Å². The molecule has 1 saturated heterocycles. The second kappa shape index (κ2) is 4.70. The van der Waals surface area contributed by atoms with Gasteiger partial charge in [-0.2, -0.15) is 0 Å². The molecule has 2 aliphatic rings. The van der Waals surface area contributed by atoms with Gasteiger partial charge in [0.2, 0.25) is 0 Å². The summed E-state index contributed by atoms with van der Waals surface area (Å²) in [5, 5.41) is 0. The lowest BCUT2D eigenvalue weighted by Gasteiger charge is -2.45. The van der Waals surface area contributed by atoms with Crippen molar-refractivity contribution in [2.75, 3.05) is 40.3 Å². The average molecular weight is 221 g/mol. The average Bonchev–Trinajstić information content (AvgIpc) is 2.29. The van der Waals surface area contributed by atoms with Crippen molar-refractivity contribution < 1.29 is 4.74 Å². The van der Waals surface area contributed by atoms with E-state index in [4.69, 9.17) is 4.74 Å². The van der Waals surface area contributed by atoms with Crippen LogP contribution in [-0.2, 0) is 4.74 Å². The van der Waals surface area contributed by atoms with Crippen LogP contribution in [0.3, 0.4) is 0 Å². The van der Waals surface area contributed by atoms with Crippen LogP contribution < -0.4 is 0 Å². The molecule has 1 atom stereocenters. The molecule has 0 bridgehead atoms. The third-order valence-electron chi connectivity index (χ3n) is 3.56. The van der Waals surface area contributed by atoms with E-state index in [9.17, 15) is 0 Å². The summed E-state index contributed by atoms with van der Waals surface area (Å²) in [6.45, 7) is 8.37. The molecule has 0 amide bonds. The number of methoxy groups -OCH3 is 1. The van der Waals surface area contributed by atoms with E-state index in [1.54, 1.807) is 7.11 Å². The summed E-state index contributed by atoms with van der Waals surface area (Å²) < 4.78 is 5.76. The summed E-state index contributed by atoms with van der Waals surface area (Å²) >= 11 is 0. The molecule has 1 heterocycles. The Morgan fingerprint density at radius 3 is 2.56 bits per heavy atom. The predicted molar refractivity (Wildman–Crippen MR) is 66.0 cm³/mol. The van der Waals surface area contributed by atoms with E-state index in [1.165, 1.54) is 0 Å². The van der Waals surface area contributed by atoms with Crippen LogP contribution in [0, 0.1) is 6.92 Å². The quantitative estimate of drug-likeness (QED) is 0.699. The normalized spacial score (nSPS) is 32.8. The molecular weight excluding hydrogens is 200 g/mol. The fourth-order valence-electron chi connectivity index (χ4n) is 2.45. The Balaban J connectivity index is 2.10. The lowest BCUT2D eigenvalue weighted by molar-refractivity contribution is -0.112. The van der Waals surface area contributed by atoms with Crippen molar-refractivity contribution in [2.24, 2.45) is 0 Å². The first-order chi connectivity index (χ1) is 7.66. The minimum atomic E-state index is -0.257. The molecule has 1 unspecified atom stereocenters. The maximum atomic E-state index is 5.76. The van der Waals surface area contributed by atoms with Crippen LogP contribution in [0.25, 0.3) is 0 Å². The van der Waals surface area contributed by atoms with E-state index >= 15 is 0 Å². The molecule has 0 aromatic heterocycles. The smallest absolute Gasteiger partial charge is 0.144 e. The first-order valence-corrected chi connectivity index (χ1v) is 5.85. The zero-order chi connectivity index (χ0) is 11.6. The van der Waals surface area contributed by atoms with Gasteiger partial charge in [-0.1, -0.05) is 17.7 Å². The zero-order valence-electron chi connectivity index (χ0n) is 10.3. The molecule has 1 aliphatic heterocycles. The number of nitrogens with zero attached hydrogens (tertiary/aromatic N) is 2. The van der Waals surface area contributed by atoms with Crippen molar-refractivity contribution in [3.05, 3.63) is 30.7 Å². The van der Waals surface area contributed by atoms with Gasteiger partial charge in [0, 0.05) is 39.7 Å². The lowest BCUT2D eigenvalue weighted by Crippen LogP contribution is -2.57. The summed E-state index contributed by atoms with van der Waals surface area (Å²) in [4.78, 5) is 4.77. The van der Waals surface area contributed by atoms with Crippen LogP contribution in [0.4, 0.5) is 0 Å². The topological polar surface area (TPSA) is 15.7 Å². The van der Waals surface area contributed by atoms with Crippen molar-refractivity contribution >= 4 is 0 Å². The third kappa shape index (κ3) is 2.21. The molecule has 0 aromatic carbocycles. The number of piperazine rings is 1. The molecule has 89 valence electrons. The van der Waals surface area contributed by atoms with E-state index in [0.717, 1.165) is 38.2 Å². The van der Waals surface area contributed by atoms with Gasteiger partial charge in [0.1, 0.15) is 5.72 Å². The molecule has 0 saturated carbocycles. The fraction of sp³-hybridized carbons (Fsp3) is 0.615. The van der Waals surface area contributed by atoms with Crippen molar-refractivity contribution in [3.63, 3.8) is 0 Å². The lowest BCUT2D eigenvalue weighted by atomic mass is 9.95. The molecule has 1 aliphatic carbocycles. The summed E-state index contributed by atoms with van der Waals surface area (Å²) in [6.07, 6.45) is 7.16. The van der Waals surface area contributed by atoms with Gasteiger partial charge < -0.3 is 9.64 Å². The van der Waals surface area contributed by atoms with E-state index in [2.05, 4.69) is 42.0 Å². The number of hydrogen-bond acceptors (Lipinski definition) is 3. The molecule has 0 aromatic rings. The van der Waals surface area contributed by atoms with Crippen LogP contribution >= 0.6 is 0 Å². The van der Waals surface area contributed by atoms with E-state index < -0.39 is 0 Å². The van der Waals surface area contributed by atoms with Crippen molar-refractivity contribution in [2.45, 2.75) is 12.1 Å². The molecule has 3 heteroatoms. The van der Waals surface area contributed by atoms with Crippen LogP contribution in [0.1, 0.15) is 6.42 Å². The highest BCUT2D eigenvalue weighted by molar-refractivity contribution is 5.26. The Hall–Kier alpha value is -0.640. The first-order valence-electron chi connectivity index (χ1n) is 5.85. The fourth-order valence-corrected chi connectivity index (χ4v) is 2.45. The summed E-state index contributed by atoms with van der Waals surface area (Å²) in [6, 6.07) is 0. The number of rotatable bonds is 2. The zero-order valence-corrected chi connectivity index (χ0v) is 10.3. The maximum absolute atomic E-state index is 5.76. The predicted octanol–water partition coefficient (Wildman–Crippen LogP) is 1.30. The van der Waals surface area contributed by atoms with Gasteiger partial charge in [-0.3, -0.25) is 4.90 Å². The molecular formula is C13H21N2O. The maximum Gasteiger partial charge on any atom is 0.144 e. The third-order valence-corrected chi connectivity index (χ3v) is 3.56. The number of hydrogen-bond donors (Lipinski definition) is 0. The van der Waals surface area contributed by atoms with Crippen LogP contribution in [0.15, 0.2) is 23.8 Å². The molecule has 1 radical (unpaired) electrons. The summed E-state index contributed by atoms with van der Waals surface area (Å²) in [5.74, 6) is 0. The molecule has 1 fully saturated rings. The second-order valence-electron chi connectivity index (χ2n) is 4.70. The van der Waals surface area contributed by atoms with Gasteiger partial charge in [-0.15, -0.1) is 0 Å². The SMILES string of the molecule is [CH2]C1=CC=CC(OC)(N2CCN(C)CC2)C1. The standard InChI is InChI=1S/C13H21N2O/c1-12-5-4-6-13(11-12,16-3)15-9-7-14(2)8-10-15/h4-6H,1,7-11H2,2-3H3. The van der Waals surface area contributed by atoms with Gasteiger partial charge >= 0.3 is 0 Å². The minimum Gasteiger partial charge on any atom is -0.360 e. The van der Waals surface area contributed by atoms with Crippen molar-refractivity contribution in [1.82, 2.24) is 9.80 Å². The van der Waals surface area contributed by atoms with Crippen LogP contribution in [0.2, 0.25) is 0 Å². The molecule has 3 nitrogen and oxygen atoms in total. The van der Waals surface area contributed by atoms with Crippen molar-refractivity contribution in [1.29, 1.82) is 0 Å². The summed E-state index contributed by atoms with van der Waals surface area (Å²) in [5.41, 5.74) is 0.885. The Labute approximate surface area is 98.4 Å². The van der Waals surface area contributed by atoms with Gasteiger partial charge in [-0.25, -0.2) is 0 Å². The molecule has 0 N–H and O–H groups in total. The minimum absolute atomic E-state index is 0.257. The van der Waals surface area contributed by atoms with Crippen molar-refractivity contribution in [3.8, 4) is 0 Å². The first kappa shape index (κ1) is 11.8. The largest absolute Gasteiger partial charge is 0.360 e. The second-order valence-corrected chi connectivity index (χ2v) is 4.70. The Kier molecular flexibility index (Phi) is 3.47. The highest BCUT2D eigenvalue weighted by Gasteiger charge is 2.36. The number of likely N-dealkylation sites (N-methyl/N-ethyl adjacent to an activating group) is 1. The Morgan fingerprint density at radius 2 is 2.00 bits per heavy atom. The Morgan fingerprint density at radius 1 is 1.31 bits per heavy atom. The van der Waals surface area contributed by atoms with E-state index in [1.807, 2.05) is 0 Å². The number of allylic oxidation sites excluding steroid dienone is 2. The Bertz CT molecular complexity index is 303. The van der Waals surface area contributed by atoms with Gasteiger partial charge in [0.15, 0.2) is 0 Å². The highest BCUT2D eigenvalue weighted by Crippen LogP contribution is 2.30. The molecule has 2 rings (SSSR count). The van der Waals surface area contributed by atoms with Crippen LogP contribution in [-0.4, -0.2) is 55.9 Å². The summed E-state index contributed by atoms with van der Waals surface area (Å²) in [7, 11) is 3.96. The van der Waals surface area contributed by atoms with Gasteiger partial charge in [0.25, 0.3) is 0 Å². The van der Waals surface area contributed by atoms with E-state index in [-0.39, 0.29) is 5.72 Å². The molecule has 0 spiro atoms. The monoisotopic (exact) mass is 221 g/mol. The van der Waals surface area contributed by atoms with Gasteiger partial charge in [0.05, 0.1) is 0 Å².